The first-order valence-corrected chi connectivity index (χ1v) is 4.32. The third-order valence-corrected chi connectivity index (χ3v) is 1.97. The van der Waals surface area contributed by atoms with Crippen LogP contribution in [0.25, 0.3) is 0 Å². The fraction of sp³-hybridized carbons (Fsp3) is 0.200. The summed E-state index contributed by atoms with van der Waals surface area (Å²) in [5.41, 5.74) is 0. The molecule has 0 saturated heterocycles. The summed E-state index contributed by atoms with van der Waals surface area (Å²) in [5, 5.41) is 0. The first-order chi connectivity index (χ1) is 6.83. The van der Waals surface area contributed by atoms with E-state index in [1.54, 1.807) is 29.3 Å². The van der Waals surface area contributed by atoms with Crippen LogP contribution in [0.2, 0.25) is 0 Å². The Morgan fingerprint density at radius 3 is 3.36 bits per heavy atom. The fourth-order valence-corrected chi connectivity index (χ4v) is 1.35. The number of ether oxygens (including phenoxy) is 1. The van der Waals surface area contributed by atoms with E-state index in [1.807, 2.05) is 0 Å². The molecule has 0 aromatic carbocycles. The van der Waals surface area contributed by atoms with Crippen molar-refractivity contribution in [3.05, 3.63) is 31.0 Å². The van der Waals surface area contributed by atoms with E-state index in [2.05, 4.69) is 11.6 Å². The van der Waals surface area contributed by atoms with Crippen LogP contribution in [0.5, 0.6) is 5.75 Å². The first-order valence-electron chi connectivity index (χ1n) is 4.32. The average molecular weight is 190 g/mol. The van der Waals surface area contributed by atoms with Gasteiger partial charge in [-0.1, -0.05) is 6.08 Å². The average Bonchev–Trinajstić information content (AvgIpc) is 2.23. The van der Waals surface area contributed by atoms with Gasteiger partial charge in [0, 0.05) is 12.7 Å². The maximum atomic E-state index is 11.5. The molecule has 1 aromatic rings. The molecule has 1 aliphatic rings. The van der Waals surface area contributed by atoms with E-state index in [4.69, 9.17) is 4.74 Å². The first kappa shape index (κ1) is 8.74. The Morgan fingerprint density at radius 1 is 1.71 bits per heavy atom. The number of nitrogens with zero attached hydrogens (tertiary/aromatic N) is 2. The van der Waals surface area contributed by atoms with E-state index in [-0.39, 0.29) is 12.5 Å². The lowest BCUT2D eigenvalue weighted by atomic mass is 10.3. The van der Waals surface area contributed by atoms with E-state index < -0.39 is 0 Å². The van der Waals surface area contributed by atoms with Crippen molar-refractivity contribution in [3.63, 3.8) is 0 Å². The topological polar surface area (TPSA) is 42.4 Å². The number of hydrogen-bond donors (Lipinski definition) is 0. The van der Waals surface area contributed by atoms with Gasteiger partial charge in [-0.25, -0.2) is 4.98 Å². The summed E-state index contributed by atoms with van der Waals surface area (Å²) in [5.74, 6) is 1.13. The number of rotatable bonds is 2. The van der Waals surface area contributed by atoms with Gasteiger partial charge in [0.1, 0.15) is 0 Å². The van der Waals surface area contributed by atoms with Crippen molar-refractivity contribution in [1.82, 2.24) is 4.98 Å². The number of amides is 1. The molecular weight excluding hydrogens is 180 g/mol. The van der Waals surface area contributed by atoms with Gasteiger partial charge >= 0.3 is 0 Å². The van der Waals surface area contributed by atoms with Gasteiger partial charge in [0.2, 0.25) is 0 Å². The zero-order valence-electron chi connectivity index (χ0n) is 7.64. The molecule has 1 aliphatic heterocycles. The minimum Gasteiger partial charge on any atom is -0.480 e. The van der Waals surface area contributed by atoms with Gasteiger partial charge < -0.3 is 4.74 Å². The molecule has 0 unspecified atom stereocenters. The van der Waals surface area contributed by atoms with Crippen molar-refractivity contribution >= 4 is 11.7 Å². The maximum absolute atomic E-state index is 11.5. The lowest BCUT2D eigenvalue weighted by Gasteiger charge is -2.26. The van der Waals surface area contributed by atoms with Crippen molar-refractivity contribution in [1.29, 1.82) is 0 Å². The molecule has 14 heavy (non-hydrogen) atoms. The monoisotopic (exact) mass is 190 g/mol. The second-order valence-corrected chi connectivity index (χ2v) is 2.91. The van der Waals surface area contributed by atoms with Crippen molar-refractivity contribution in [2.24, 2.45) is 0 Å². The summed E-state index contributed by atoms with van der Waals surface area (Å²) in [6.45, 7) is 4.14. The van der Waals surface area contributed by atoms with Crippen LogP contribution in [0.4, 0.5) is 5.82 Å². The number of pyridine rings is 1. The Labute approximate surface area is 81.8 Å². The van der Waals surface area contributed by atoms with Gasteiger partial charge in [-0.2, -0.15) is 0 Å². The van der Waals surface area contributed by atoms with Crippen molar-refractivity contribution in [2.75, 3.05) is 18.1 Å². The number of aromatic nitrogens is 1. The summed E-state index contributed by atoms with van der Waals surface area (Å²) in [7, 11) is 0. The molecule has 0 bridgehead atoms. The van der Waals surface area contributed by atoms with Crippen LogP contribution in [0.15, 0.2) is 31.0 Å². The van der Waals surface area contributed by atoms with Crippen molar-refractivity contribution < 1.29 is 9.53 Å². The van der Waals surface area contributed by atoms with Crippen LogP contribution < -0.4 is 9.64 Å². The molecule has 1 aromatic heterocycles. The van der Waals surface area contributed by atoms with E-state index in [0.29, 0.717) is 18.1 Å². The molecule has 4 heteroatoms. The quantitative estimate of drug-likeness (QED) is 0.653. The Kier molecular flexibility index (Phi) is 2.18. The minimum atomic E-state index is -0.0869. The summed E-state index contributed by atoms with van der Waals surface area (Å²) in [6.07, 6.45) is 3.30. The molecular formula is C10H10N2O2. The highest BCUT2D eigenvalue weighted by Crippen LogP contribution is 2.28. The summed E-state index contributed by atoms with van der Waals surface area (Å²) in [4.78, 5) is 17.1. The van der Waals surface area contributed by atoms with E-state index in [0.717, 1.165) is 0 Å². The molecule has 1 amide bonds. The molecule has 2 rings (SSSR count). The van der Waals surface area contributed by atoms with Crippen LogP contribution in [0, 0.1) is 0 Å². The van der Waals surface area contributed by atoms with Crippen LogP contribution in [-0.2, 0) is 4.79 Å². The number of carbonyl (C=O) groups is 1. The van der Waals surface area contributed by atoms with Crippen molar-refractivity contribution in [2.45, 2.75) is 0 Å². The molecule has 0 radical (unpaired) electrons. The van der Waals surface area contributed by atoms with E-state index in [9.17, 15) is 4.79 Å². The van der Waals surface area contributed by atoms with Crippen LogP contribution in [0.3, 0.4) is 0 Å². The molecule has 0 atom stereocenters. The van der Waals surface area contributed by atoms with Crippen LogP contribution in [-0.4, -0.2) is 24.0 Å². The third kappa shape index (κ3) is 1.35. The highest BCUT2D eigenvalue weighted by atomic mass is 16.5. The van der Waals surface area contributed by atoms with E-state index in [1.165, 1.54) is 0 Å². The van der Waals surface area contributed by atoms with Gasteiger partial charge in [0.15, 0.2) is 18.2 Å². The molecule has 0 aliphatic carbocycles. The molecule has 72 valence electrons. The largest absolute Gasteiger partial charge is 0.480 e. The second-order valence-electron chi connectivity index (χ2n) is 2.91. The molecule has 0 fully saturated rings. The summed E-state index contributed by atoms with van der Waals surface area (Å²) in [6, 6.07) is 3.57. The van der Waals surface area contributed by atoms with Gasteiger partial charge in [-0.05, 0) is 12.1 Å². The molecule has 4 nitrogen and oxygen atoms in total. The Balaban J connectivity index is 2.40. The summed E-state index contributed by atoms with van der Waals surface area (Å²) < 4.78 is 5.22. The second kappa shape index (κ2) is 3.49. The number of hydrogen-bond acceptors (Lipinski definition) is 3. The molecule has 0 saturated carbocycles. The summed E-state index contributed by atoms with van der Waals surface area (Å²) >= 11 is 0. The third-order valence-electron chi connectivity index (χ3n) is 1.97. The van der Waals surface area contributed by atoms with Gasteiger partial charge in [0.05, 0.1) is 0 Å². The van der Waals surface area contributed by atoms with Crippen molar-refractivity contribution in [3.8, 4) is 5.75 Å². The SMILES string of the molecule is C=CCN1C(=O)COc2cccnc21. The standard InChI is InChI=1S/C10H10N2O2/c1-2-6-12-9(13)7-14-8-4-3-5-11-10(8)12/h2-5H,1,6-7H2. The number of anilines is 1. The number of carbonyl (C=O) groups excluding carboxylic acids is 1. The number of fused-ring (bicyclic) bond motifs is 1. The van der Waals surface area contributed by atoms with Crippen LogP contribution >= 0.6 is 0 Å². The highest BCUT2D eigenvalue weighted by Gasteiger charge is 2.24. The fourth-order valence-electron chi connectivity index (χ4n) is 1.35. The predicted molar refractivity (Wildman–Crippen MR) is 52.3 cm³/mol. The Bertz CT molecular complexity index is 376. The Morgan fingerprint density at radius 2 is 2.57 bits per heavy atom. The maximum Gasteiger partial charge on any atom is 0.266 e. The molecule has 0 spiro atoms. The highest BCUT2D eigenvalue weighted by molar-refractivity contribution is 5.96. The van der Waals surface area contributed by atoms with Gasteiger partial charge in [0.25, 0.3) is 5.91 Å². The van der Waals surface area contributed by atoms with Gasteiger partial charge in [-0.3, -0.25) is 9.69 Å². The predicted octanol–water partition coefficient (Wildman–Crippen LogP) is 0.993. The minimum absolute atomic E-state index is 0.0759. The normalized spacial score (nSPS) is 14.6. The lowest BCUT2D eigenvalue weighted by molar-refractivity contribution is -0.121. The van der Waals surface area contributed by atoms with E-state index >= 15 is 0 Å². The zero-order chi connectivity index (χ0) is 9.97. The zero-order valence-corrected chi connectivity index (χ0v) is 7.64. The van der Waals surface area contributed by atoms with Crippen LogP contribution in [0.1, 0.15) is 0 Å². The van der Waals surface area contributed by atoms with Gasteiger partial charge in [-0.15, -0.1) is 6.58 Å². The Hall–Kier alpha value is -1.84. The smallest absolute Gasteiger partial charge is 0.266 e. The molecule has 2 heterocycles. The molecule has 0 N–H and O–H groups in total. The lowest BCUT2D eigenvalue weighted by Crippen LogP contribution is -2.39.